The molecule has 0 bridgehead atoms. The quantitative estimate of drug-likeness (QED) is 0.652. The van der Waals surface area contributed by atoms with E-state index in [1.807, 2.05) is 41.6 Å². The van der Waals surface area contributed by atoms with Gasteiger partial charge in [-0.3, -0.25) is 9.69 Å². The Balaban J connectivity index is 1.39. The molecule has 7 heteroatoms. The van der Waals surface area contributed by atoms with E-state index in [2.05, 4.69) is 14.3 Å². The number of carbonyl (C=O) groups excluding carboxylic acids is 1. The number of methoxy groups -OCH3 is 1. The number of amides is 1. The molecule has 2 aromatic heterocycles. The van der Waals surface area contributed by atoms with Crippen LogP contribution in [0.5, 0.6) is 0 Å². The van der Waals surface area contributed by atoms with E-state index in [0.717, 1.165) is 36.5 Å². The van der Waals surface area contributed by atoms with Gasteiger partial charge in [0.25, 0.3) is 0 Å². The first-order valence-electron chi connectivity index (χ1n) is 10.3. The van der Waals surface area contributed by atoms with Crippen molar-refractivity contribution in [3.63, 3.8) is 0 Å². The maximum absolute atomic E-state index is 14.0. The third-order valence-electron chi connectivity index (χ3n) is 6.40. The highest BCUT2D eigenvalue weighted by Gasteiger charge is 2.49. The Morgan fingerprint density at radius 1 is 1.20 bits per heavy atom. The second kappa shape index (κ2) is 7.81. The predicted molar refractivity (Wildman–Crippen MR) is 110 cm³/mol. The van der Waals surface area contributed by atoms with E-state index in [9.17, 15) is 9.18 Å². The van der Waals surface area contributed by atoms with Gasteiger partial charge in [-0.1, -0.05) is 18.2 Å². The van der Waals surface area contributed by atoms with Crippen molar-refractivity contribution in [2.75, 3.05) is 33.4 Å². The average molecular weight is 408 g/mol. The Bertz CT molecular complexity index is 1070. The van der Waals surface area contributed by atoms with E-state index >= 15 is 0 Å². The number of nitrogens with zero attached hydrogens (tertiary/aromatic N) is 4. The molecule has 30 heavy (non-hydrogen) atoms. The van der Waals surface area contributed by atoms with Crippen LogP contribution in [0.25, 0.3) is 5.65 Å². The Labute approximate surface area is 174 Å². The number of benzene rings is 1. The number of hydrogen-bond acceptors (Lipinski definition) is 4. The van der Waals surface area contributed by atoms with Crippen molar-refractivity contribution in [1.29, 1.82) is 0 Å². The lowest BCUT2D eigenvalue weighted by Crippen LogP contribution is -2.37. The van der Waals surface area contributed by atoms with Gasteiger partial charge in [0, 0.05) is 45.4 Å². The summed E-state index contributed by atoms with van der Waals surface area (Å²) in [6.07, 6.45) is 3.97. The molecule has 0 spiro atoms. The van der Waals surface area contributed by atoms with Crippen molar-refractivity contribution < 1.29 is 13.9 Å². The molecule has 0 saturated carbocycles. The summed E-state index contributed by atoms with van der Waals surface area (Å²) in [6, 6.07) is 12.5. The maximum atomic E-state index is 14.0. The van der Waals surface area contributed by atoms with Gasteiger partial charge in [-0.25, -0.2) is 9.37 Å². The summed E-state index contributed by atoms with van der Waals surface area (Å²) >= 11 is 0. The number of ether oxygens (including phenoxy) is 1. The molecule has 0 radical (unpaired) electrons. The van der Waals surface area contributed by atoms with E-state index in [-0.39, 0.29) is 30.3 Å². The summed E-state index contributed by atoms with van der Waals surface area (Å²) in [7, 11) is 1.53. The summed E-state index contributed by atoms with van der Waals surface area (Å²) in [5, 5.41) is 0. The molecular weight excluding hydrogens is 383 g/mol. The van der Waals surface area contributed by atoms with Crippen LogP contribution >= 0.6 is 0 Å². The van der Waals surface area contributed by atoms with Crippen molar-refractivity contribution in [2.24, 2.45) is 11.8 Å². The fourth-order valence-corrected chi connectivity index (χ4v) is 5.18. The fourth-order valence-electron chi connectivity index (χ4n) is 5.18. The minimum Gasteiger partial charge on any atom is -0.375 e. The van der Waals surface area contributed by atoms with Crippen molar-refractivity contribution in [1.82, 2.24) is 19.2 Å². The summed E-state index contributed by atoms with van der Waals surface area (Å²) in [5.74, 6) is 0.329. The van der Waals surface area contributed by atoms with Crippen molar-refractivity contribution in [3.05, 3.63) is 71.9 Å². The molecule has 2 aliphatic heterocycles. The monoisotopic (exact) mass is 408 g/mol. The molecule has 156 valence electrons. The first-order valence-corrected chi connectivity index (χ1v) is 10.3. The lowest BCUT2D eigenvalue weighted by atomic mass is 9.89. The molecule has 6 nitrogen and oxygen atoms in total. The molecule has 3 aromatic rings. The molecular formula is C23H25FN4O2. The van der Waals surface area contributed by atoms with Crippen molar-refractivity contribution in [3.8, 4) is 0 Å². The van der Waals surface area contributed by atoms with Crippen molar-refractivity contribution >= 4 is 11.6 Å². The highest BCUT2D eigenvalue weighted by molar-refractivity contribution is 5.78. The zero-order valence-electron chi connectivity index (χ0n) is 16.9. The predicted octanol–water partition coefficient (Wildman–Crippen LogP) is 2.75. The first kappa shape index (κ1) is 19.2. The van der Waals surface area contributed by atoms with Gasteiger partial charge in [0.1, 0.15) is 18.1 Å². The Morgan fingerprint density at radius 3 is 2.93 bits per heavy atom. The number of halogens is 1. The van der Waals surface area contributed by atoms with Crippen LogP contribution in [0.1, 0.15) is 17.3 Å². The van der Waals surface area contributed by atoms with E-state index < -0.39 is 0 Å². The molecule has 2 saturated heterocycles. The zero-order valence-corrected chi connectivity index (χ0v) is 16.9. The summed E-state index contributed by atoms with van der Waals surface area (Å²) in [5.41, 5.74) is 2.96. The summed E-state index contributed by atoms with van der Waals surface area (Å²) in [4.78, 5) is 21.5. The summed E-state index contributed by atoms with van der Waals surface area (Å²) in [6.45, 7) is 3.31. The number of carbonyl (C=O) groups is 1. The molecule has 1 amide bonds. The maximum Gasteiger partial charge on any atom is 0.249 e. The number of pyridine rings is 1. The largest absolute Gasteiger partial charge is 0.375 e. The van der Waals surface area contributed by atoms with Crippen LogP contribution in [0, 0.1) is 17.7 Å². The third kappa shape index (κ3) is 3.38. The van der Waals surface area contributed by atoms with Crippen LogP contribution in [-0.2, 0) is 16.1 Å². The number of hydrogen-bond donors (Lipinski definition) is 0. The molecule has 2 fully saturated rings. The van der Waals surface area contributed by atoms with Crippen LogP contribution in [0.2, 0.25) is 0 Å². The van der Waals surface area contributed by atoms with Gasteiger partial charge in [-0.15, -0.1) is 0 Å². The Hall–Kier alpha value is -2.77. The lowest BCUT2D eigenvalue weighted by Gasteiger charge is -2.30. The molecule has 5 rings (SSSR count). The third-order valence-corrected chi connectivity index (χ3v) is 6.40. The number of rotatable bonds is 5. The van der Waals surface area contributed by atoms with Gasteiger partial charge in [0.15, 0.2) is 0 Å². The highest BCUT2D eigenvalue weighted by Crippen LogP contribution is 2.45. The SMILES string of the molecule is COCC(=O)N1C[C@H]2CN(Cc3cnc4ccccn34)C[C@H]2[C@@H]1c1cccc(F)c1. The molecule has 4 heterocycles. The second-order valence-electron chi connectivity index (χ2n) is 8.28. The number of fused-ring (bicyclic) bond motifs is 2. The molecule has 0 aliphatic carbocycles. The van der Waals surface area contributed by atoms with E-state index in [0.29, 0.717) is 12.5 Å². The molecule has 0 N–H and O–H groups in total. The highest BCUT2D eigenvalue weighted by atomic mass is 19.1. The van der Waals surface area contributed by atoms with Crippen LogP contribution in [0.3, 0.4) is 0 Å². The van der Waals surface area contributed by atoms with Crippen LogP contribution in [0.15, 0.2) is 54.9 Å². The van der Waals surface area contributed by atoms with E-state index in [4.69, 9.17) is 4.74 Å². The van der Waals surface area contributed by atoms with Crippen LogP contribution in [0.4, 0.5) is 4.39 Å². The zero-order chi connectivity index (χ0) is 20.7. The number of likely N-dealkylation sites (tertiary alicyclic amines) is 2. The summed E-state index contributed by atoms with van der Waals surface area (Å²) < 4.78 is 21.2. The minimum atomic E-state index is -0.268. The second-order valence-corrected chi connectivity index (χ2v) is 8.28. The van der Waals surface area contributed by atoms with E-state index in [1.165, 1.54) is 13.2 Å². The average Bonchev–Trinajstić information content (AvgIpc) is 3.41. The van der Waals surface area contributed by atoms with Gasteiger partial charge in [0.2, 0.25) is 5.91 Å². The van der Waals surface area contributed by atoms with Gasteiger partial charge in [-0.05, 0) is 35.7 Å². The first-order chi connectivity index (χ1) is 14.6. The number of aromatic nitrogens is 2. The van der Waals surface area contributed by atoms with Gasteiger partial charge >= 0.3 is 0 Å². The smallest absolute Gasteiger partial charge is 0.249 e. The van der Waals surface area contributed by atoms with Crippen molar-refractivity contribution in [2.45, 2.75) is 12.6 Å². The molecule has 2 aliphatic rings. The molecule has 3 atom stereocenters. The Morgan fingerprint density at radius 2 is 2.10 bits per heavy atom. The minimum absolute atomic E-state index is 0.0329. The standard InChI is InChI=1S/C23H25FN4O2/c1-30-15-22(29)28-12-17-11-26(13-19-10-25-21-7-2-3-8-27(19)21)14-20(17)23(28)16-5-4-6-18(24)9-16/h2-10,17,20,23H,11-15H2,1H3/t17-,20-,23+/m1/s1. The number of imidazole rings is 1. The Kier molecular flexibility index (Phi) is 5.00. The van der Waals surface area contributed by atoms with E-state index in [1.54, 1.807) is 12.1 Å². The van der Waals surface area contributed by atoms with Gasteiger partial charge < -0.3 is 14.0 Å². The topological polar surface area (TPSA) is 50.1 Å². The van der Waals surface area contributed by atoms with Gasteiger partial charge in [-0.2, -0.15) is 0 Å². The normalized spacial score (nSPS) is 23.9. The molecule has 1 aromatic carbocycles. The van der Waals surface area contributed by atoms with Gasteiger partial charge in [0.05, 0.1) is 17.9 Å². The molecule has 0 unspecified atom stereocenters. The van der Waals surface area contributed by atoms with Crippen LogP contribution < -0.4 is 0 Å². The lowest BCUT2D eigenvalue weighted by molar-refractivity contribution is -0.136. The van der Waals surface area contributed by atoms with Crippen LogP contribution in [-0.4, -0.2) is 58.4 Å². The fraction of sp³-hybridized carbons (Fsp3) is 0.391.